The summed E-state index contributed by atoms with van der Waals surface area (Å²) in [7, 11) is 2.13. The minimum absolute atomic E-state index is 0.0225. The highest BCUT2D eigenvalue weighted by atomic mass is 32.1. The van der Waals surface area contributed by atoms with Crippen molar-refractivity contribution >= 4 is 17.4 Å². The first-order chi connectivity index (χ1) is 10.7. The van der Waals surface area contributed by atoms with Gasteiger partial charge in [-0.15, -0.1) is 0 Å². The molecule has 5 nitrogen and oxygen atoms in total. The second kappa shape index (κ2) is 6.54. The van der Waals surface area contributed by atoms with E-state index < -0.39 is 0 Å². The van der Waals surface area contributed by atoms with Crippen LogP contribution in [-0.2, 0) is 0 Å². The molecule has 2 aromatic rings. The van der Waals surface area contributed by atoms with Gasteiger partial charge in [-0.05, 0) is 56.0 Å². The van der Waals surface area contributed by atoms with Gasteiger partial charge in [-0.25, -0.2) is 0 Å². The third-order valence-corrected chi connectivity index (χ3v) is 5.04. The lowest BCUT2D eigenvalue weighted by Crippen LogP contribution is -2.32. The fourth-order valence-electron chi connectivity index (χ4n) is 3.15. The van der Waals surface area contributed by atoms with E-state index in [9.17, 15) is 4.79 Å². The van der Waals surface area contributed by atoms with Crippen LogP contribution < -0.4 is 5.32 Å². The number of nitrogens with zero attached hydrogens (tertiary/aromatic N) is 3. The maximum absolute atomic E-state index is 12.2. The van der Waals surface area contributed by atoms with Crippen LogP contribution in [0.15, 0.2) is 29.9 Å². The minimum atomic E-state index is -0.0225. The quantitative estimate of drug-likeness (QED) is 0.940. The number of amides is 1. The molecule has 3 heterocycles. The average molecular weight is 316 g/mol. The van der Waals surface area contributed by atoms with Crippen molar-refractivity contribution in [2.75, 3.05) is 20.1 Å². The Morgan fingerprint density at radius 2 is 2.41 bits per heavy atom. The van der Waals surface area contributed by atoms with Gasteiger partial charge in [0.25, 0.3) is 5.91 Å². The van der Waals surface area contributed by atoms with Crippen molar-refractivity contribution in [1.82, 2.24) is 19.6 Å². The number of hydrogen-bond donors (Lipinski definition) is 1. The predicted octanol–water partition coefficient (Wildman–Crippen LogP) is 2.27. The monoisotopic (exact) mass is 316 g/mol. The molecule has 22 heavy (non-hydrogen) atoms. The van der Waals surface area contributed by atoms with E-state index in [0.29, 0.717) is 24.1 Å². The van der Waals surface area contributed by atoms with Crippen LogP contribution in [0.2, 0.25) is 0 Å². The summed E-state index contributed by atoms with van der Waals surface area (Å²) in [4.78, 5) is 18.8. The van der Waals surface area contributed by atoms with Crippen LogP contribution in [-0.4, -0.2) is 40.3 Å². The largest absolute Gasteiger partial charge is 0.352 e. The van der Waals surface area contributed by atoms with E-state index >= 15 is 0 Å². The molecule has 1 fully saturated rings. The predicted molar refractivity (Wildman–Crippen MR) is 86.9 cm³/mol. The zero-order valence-electron chi connectivity index (χ0n) is 12.8. The Bertz CT molecular complexity index is 643. The van der Waals surface area contributed by atoms with Crippen molar-refractivity contribution in [2.45, 2.75) is 19.4 Å². The first kappa shape index (κ1) is 15.1. The highest BCUT2D eigenvalue weighted by Gasteiger charge is 2.33. The van der Waals surface area contributed by atoms with Crippen molar-refractivity contribution in [3.63, 3.8) is 0 Å². The molecule has 1 aliphatic rings. The van der Waals surface area contributed by atoms with E-state index in [2.05, 4.69) is 32.7 Å². The summed E-state index contributed by atoms with van der Waals surface area (Å²) < 4.78 is 4.16. The summed E-state index contributed by atoms with van der Waals surface area (Å²) in [6, 6.07) is 4.40. The van der Waals surface area contributed by atoms with E-state index in [4.69, 9.17) is 0 Å². The number of rotatable bonds is 4. The number of nitrogens with one attached hydrogen (secondary N) is 1. The molecule has 0 aliphatic carbocycles. The molecule has 3 rings (SSSR count). The summed E-state index contributed by atoms with van der Waals surface area (Å²) in [5.74, 6) is 0.385. The van der Waals surface area contributed by atoms with E-state index in [1.165, 1.54) is 17.1 Å². The van der Waals surface area contributed by atoms with Crippen molar-refractivity contribution in [3.05, 3.63) is 46.7 Å². The lowest BCUT2D eigenvalue weighted by molar-refractivity contribution is 0.0943. The Labute approximate surface area is 134 Å². The number of aromatic nitrogens is 2. The molecule has 1 amide bonds. The van der Waals surface area contributed by atoms with E-state index in [0.717, 1.165) is 18.7 Å². The molecule has 1 aliphatic heterocycles. The highest BCUT2D eigenvalue weighted by Crippen LogP contribution is 2.35. The maximum Gasteiger partial charge on any atom is 0.254 e. The third-order valence-electron chi connectivity index (χ3n) is 4.32. The van der Waals surface area contributed by atoms with Crippen LogP contribution in [0.25, 0.3) is 0 Å². The molecule has 2 atom stereocenters. The summed E-state index contributed by atoms with van der Waals surface area (Å²) in [6.45, 7) is 3.59. The Kier molecular flexibility index (Phi) is 4.49. The lowest BCUT2D eigenvalue weighted by Gasteiger charge is -2.25. The van der Waals surface area contributed by atoms with Gasteiger partial charge in [-0.3, -0.25) is 14.7 Å². The number of likely N-dealkylation sites (tertiary alicyclic amines) is 1. The van der Waals surface area contributed by atoms with Crippen LogP contribution in [0.3, 0.4) is 0 Å². The standard InChI is InChI=1S/C16H20N4OS/c1-11-14(10-22-19-11)16(21)18-9-13-5-7-20(2)15(13)12-4-3-6-17-8-12/h3-4,6,8,10,13,15H,5,7,9H2,1-2H3,(H,18,21)/t13-,15-/m0/s1. The molecule has 116 valence electrons. The van der Waals surface area contributed by atoms with Crippen molar-refractivity contribution < 1.29 is 4.79 Å². The number of pyridine rings is 1. The molecular weight excluding hydrogens is 296 g/mol. The highest BCUT2D eigenvalue weighted by molar-refractivity contribution is 7.03. The molecule has 2 aromatic heterocycles. The van der Waals surface area contributed by atoms with E-state index in [1.54, 1.807) is 6.20 Å². The van der Waals surface area contributed by atoms with Crippen molar-refractivity contribution in [1.29, 1.82) is 0 Å². The van der Waals surface area contributed by atoms with Gasteiger partial charge < -0.3 is 5.32 Å². The van der Waals surface area contributed by atoms with E-state index in [-0.39, 0.29) is 5.91 Å². The molecule has 0 unspecified atom stereocenters. The van der Waals surface area contributed by atoms with Gasteiger partial charge in [-0.2, -0.15) is 4.37 Å². The minimum Gasteiger partial charge on any atom is -0.352 e. The zero-order valence-corrected chi connectivity index (χ0v) is 13.6. The maximum atomic E-state index is 12.2. The van der Waals surface area contributed by atoms with Gasteiger partial charge in [0, 0.05) is 30.4 Å². The molecular formula is C16H20N4OS. The molecule has 0 spiro atoms. The Hall–Kier alpha value is -1.79. The topological polar surface area (TPSA) is 58.1 Å². The number of hydrogen-bond acceptors (Lipinski definition) is 5. The summed E-state index contributed by atoms with van der Waals surface area (Å²) in [5.41, 5.74) is 2.71. The van der Waals surface area contributed by atoms with Gasteiger partial charge in [-0.1, -0.05) is 6.07 Å². The van der Waals surface area contributed by atoms with Crippen LogP contribution in [0, 0.1) is 12.8 Å². The molecule has 0 saturated carbocycles. The second-order valence-corrected chi connectivity index (χ2v) is 6.41. The number of aryl methyl sites for hydroxylation is 1. The molecule has 1 N–H and O–H groups in total. The van der Waals surface area contributed by atoms with Gasteiger partial charge in [0.05, 0.1) is 11.3 Å². The molecule has 0 radical (unpaired) electrons. The number of carbonyl (C=O) groups excluding carboxylic acids is 1. The molecule has 6 heteroatoms. The Morgan fingerprint density at radius 3 is 3.09 bits per heavy atom. The van der Waals surface area contributed by atoms with E-state index in [1.807, 2.05) is 24.6 Å². The van der Waals surface area contributed by atoms with Gasteiger partial charge in [0.2, 0.25) is 0 Å². The first-order valence-corrected chi connectivity index (χ1v) is 8.30. The Morgan fingerprint density at radius 1 is 1.55 bits per heavy atom. The second-order valence-electron chi connectivity index (χ2n) is 5.78. The smallest absolute Gasteiger partial charge is 0.254 e. The van der Waals surface area contributed by atoms with Gasteiger partial charge >= 0.3 is 0 Å². The van der Waals surface area contributed by atoms with Gasteiger partial charge in [0.15, 0.2) is 0 Å². The van der Waals surface area contributed by atoms with Crippen LogP contribution in [0.5, 0.6) is 0 Å². The lowest BCUT2D eigenvalue weighted by atomic mass is 9.94. The zero-order chi connectivity index (χ0) is 15.5. The summed E-state index contributed by atoms with van der Waals surface area (Å²) in [5, 5.41) is 4.88. The summed E-state index contributed by atoms with van der Waals surface area (Å²) in [6.07, 6.45) is 4.80. The molecule has 0 bridgehead atoms. The van der Waals surface area contributed by atoms with Crippen LogP contribution in [0.4, 0.5) is 0 Å². The number of carbonyl (C=O) groups is 1. The molecule has 0 aromatic carbocycles. The fourth-order valence-corrected chi connectivity index (χ4v) is 3.84. The Balaban J connectivity index is 1.67. The van der Waals surface area contributed by atoms with Gasteiger partial charge in [0.1, 0.15) is 0 Å². The summed E-state index contributed by atoms with van der Waals surface area (Å²) >= 11 is 1.32. The van der Waals surface area contributed by atoms with Crippen molar-refractivity contribution in [2.24, 2.45) is 5.92 Å². The average Bonchev–Trinajstić information content (AvgIpc) is 3.11. The third kappa shape index (κ3) is 3.03. The van der Waals surface area contributed by atoms with Crippen LogP contribution >= 0.6 is 11.5 Å². The first-order valence-electron chi connectivity index (χ1n) is 7.46. The normalized spacial score (nSPS) is 21.9. The molecule has 1 saturated heterocycles. The van der Waals surface area contributed by atoms with Crippen LogP contribution in [0.1, 0.15) is 34.1 Å². The van der Waals surface area contributed by atoms with Crippen molar-refractivity contribution in [3.8, 4) is 0 Å². The SMILES string of the molecule is Cc1nscc1C(=O)NC[C@@H]1CCN(C)[C@H]1c1cccnc1. The fraction of sp³-hybridized carbons (Fsp3) is 0.438.